The van der Waals surface area contributed by atoms with E-state index in [1.165, 1.54) is 6.08 Å². The number of hydrogen-bond acceptors (Lipinski definition) is 5. The van der Waals surface area contributed by atoms with E-state index in [1.807, 2.05) is 0 Å². The maximum atomic E-state index is 12.8. The molecule has 0 atom stereocenters. The van der Waals surface area contributed by atoms with Gasteiger partial charge in [0, 0.05) is 15.1 Å². The molecule has 0 radical (unpaired) electrons. The average molecular weight is 562 g/mol. The molecule has 1 saturated heterocycles. The second-order valence-corrected chi connectivity index (χ2v) is 9.09. The molecule has 1 heterocycles. The van der Waals surface area contributed by atoms with Gasteiger partial charge in [-0.2, -0.15) is 0 Å². The van der Waals surface area contributed by atoms with E-state index in [9.17, 15) is 14.4 Å². The van der Waals surface area contributed by atoms with Crippen LogP contribution in [0.25, 0.3) is 6.08 Å². The Balaban J connectivity index is 1.90. The molecule has 0 spiro atoms. The lowest BCUT2D eigenvalue weighted by atomic mass is 10.1. The van der Waals surface area contributed by atoms with Gasteiger partial charge in [0.2, 0.25) is 0 Å². The summed E-state index contributed by atoms with van der Waals surface area (Å²) in [5.41, 5.74) is 1.19. The van der Waals surface area contributed by atoms with E-state index in [-0.39, 0.29) is 17.2 Å². The molecule has 3 rings (SSSR count). The summed E-state index contributed by atoms with van der Waals surface area (Å²) >= 11 is 13.5. The molecule has 0 saturated carbocycles. The maximum absolute atomic E-state index is 12.8. The Labute approximate surface area is 192 Å². The number of ether oxygens (including phenoxy) is 1. The van der Waals surface area contributed by atoms with Crippen LogP contribution in [0.5, 0.6) is 5.75 Å². The highest BCUT2D eigenvalue weighted by Gasteiger charge is 2.35. The topological polar surface area (TPSA) is 83.9 Å². The van der Waals surface area contributed by atoms with Crippen molar-refractivity contribution in [3.8, 4) is 5.75 Å². The van der Waals surface area contributed by atoms with Crippen molar-refractivity contribution in [2.75, 3.05) is 6.61 Å². The first-order chi connectivity index (χ1) is 13.7. The second kappa shape index (κ2) is 9.34. The quantitative estimate of drug-likeness (QED) is 0.465. The molecule has 10 heteroatoms. The number of imide groups is 1. The van der Waals surface area contributed by atoms with Crippen LogP contribution in [-0.2, 0) is 16.1 Å². The number of carboxylic acid groups (broad SMARTS) is 1. The van der Waals surface area contributed by atoms with E-state index in [2.05, 4.69) is 31.9 Å². The third-order valence-electron chi connectivity index (χ3n) is 3.77. The third kappa shape index (κ3) is 5.42. The van der Waals surface area contributed by atoms with Crippen LogP contribution in [0.3, 0.4) is 0 Å². The second-order valence-electron chi connectivity index (χ2n) is 5.89. The highest BCUT2D eigenvalue weighted by molar-refractivity contribution is 9.11. The van der Waals surface area contributed by atoms with Crippen molar-refractivity contribution in [1.29, 1.82) is 0 Å². The highest BCUT2D eigenvalue weighted by Crippen LogP contribution is 2.38. The Morgan fingerprint density at radius 1 is 1.24 bits per heavy atom. The lowest BCUT2D eigenvalue weighted by Crippen LogP contribution is -2.27. The van der Waals surface area contributed by atoms with Gasteiger partial charge in [0.05, 0.1) is 15.9 Å². The van der Waals surface area contributed by atoms with Crippen molar-refractivity contribution in [3.63, 3.8) is 0 Å². The molecule has 2 aromatic carbocycles. The Morgan fingerprint density at radius 2 is 2.00 bits per heavy atom. The maximum Gasteiger partial charge on any atom is 0.341 e. The smallest absolute Gasteiger partial charge is 0.341 e. The van der Waals surface area contributed by atoms with Crippen LogP contribution in [0, 0.1) is 0 Å². The fourth-order valence-corrected chi connectivity index (χ4v) is 4.98. The summed E-state index contributed by atoms with van der Waals surface area (Å²) in [4.78, 5) is 37.4. The number of carbonyl (C=O) groups excluding carboxylic acids is 2. The van der Waals surface area contributed by atoms with Gasteiger partial charge in [-0.3, -0.25) is 14.5 Å². The predicted octanol–water partition coefficient (Wildman–Crippen LogP) is 5.56. The number of benzene rings is 2. The first kappa shape index (κ1) is 21.9. The molecule has 0 bridgehead atoms. The van der Waals surface area contributed by atoms with Gasteiger partial charge in [-0.15, -0.1) is 0 Å². The molecule has 29 heavy (non-hydrogen) atoms. The van der Waals surface area contributed by atoms with Crippen LogP contribution in [0.1, 0.15) is 11.1 Å². The minimum absolute atomic E-state index is 0.104. The number of aliphatic carboxylic acids is 1. The molecule has 0 aliphatic carbocycles. The number of rotatable bonds is 6. The van der Waals surface area contributed by atoms with Gasteiger partial charge in [-0.25, -0.2) is 4.79 Å². The first-order valence-electron chi connectivity index (χ1n) is 8.08. The molecule has 1 fully saturated rings. The van der Waals surface area contributed by atoms with Crippen LogP contribution >= 0.6 is 55.2 Å². The minimum atomic E-state index is -1.13. The first-order valence-corrected chi connectivity index (χ1v) is 10.9. The van der Waals surface area contributed by atoms with E-state index in [4.69, 9.17) is 21.4 Å². The van der Waals surface area contributed by atoms with Crippen molar-refractivity contribution >= 4 is 78.4 Å². The summed E-state index contributed by atoms with van der Waals surface area (Å²) in [7, 11) is 0. The predicted molar refractivity (Wildman–Crippen MR) is 118 cm³/mol. The number of carbonyl (C=O) groups is 3. The molecule has 2 amide bonds. The molecule has 0 unspecified atom stereocenters. The Bertz CT molecular complexity index is 1040. The number of hydrogen-bond donors (Lipinski definition) is 1. The minimum Gasteiger partial charge on any atom is -0.480 e. The van der Waals surface area contributed by atoms with Crippen molar-refractivity contribution in [2.24, 2.45) is 0 Å². The summed E-state index contributed by atoms with van der Waals surface area (Å²) in [5.74, 6) is -1.31. The van der Waals surface area contributed by atoms with E-state index >= 15 is 0 Å². The summed E-state index contributed by atoms with van der Waals surface area (Å²) in [6, 6.07) is 10.3. The van der Waals surface area contributed by atoms with E-state index in [1.54, 1.807) is 36.4 Å². The number of halogens is 3. The molecular weight excluding hydrogens is 550 g/mol. The van der Waals surface area contributed by atoms with Crippen LogP contribution in [-0.4, -0.2) is 33.7 Å². The lowest BCUT2D eigenvalue weighted by molar-refractivity contribution is -0.139. The molecular formula is C19H12Br2ClNO5S. The monoisotopic (exact) mass is 559 g/mol. The Hall–Kier alpha value is -1.81. The zero-order valence-electron chi connectivity index (χ0n) is 14.5. The van der Waals surface area contributed by atoms with Crippen LogP contribution in [0.2, 0.25) is 5.02 Å². The molecule has 2 aromatic rings. The van der Waals surface area contributed by atoms with E-state index in [0.29, 0.717) is 19.5 Å². The van der Waals surface area contributed by atoms with Gasteiger partial charge in [0.25, 0.3) is 11.1 Å². The van der Waals surface area contributed by atoms with E-state index < -0.39 is 23.7 Å². The zero-order valence-corrected chi connectivity index (χ0v) is 19.3. The molecule has 6 nitrogen and oxygen atoms in total. The van der Waals surface area contributed by atoms with Crippen molar-refractivity contribution in [2.45, 2.75) is 6.54 Å². The normalized spacial score (nSPS) is 15.3. The van der Waals surface area contributed by atoms with Gasteiger partial charge in [0.15, 0.2) is 6.61 Å². The van der Waals surface area contributed by atoms with Gasteiger partial charge in [-0.05, 0) is 63.6 Å². The fraction of sp³-hybridized carbons (Fsp3) is 0.105. The van der Waals surface area contributed by atoms with Gasteiger partial charge in [-0.1, -0.05) is 39.7 Å². The SMILES string of the molecule is O=C(O)COc1c(Br)cc(Br)cc1/C=C1\SC(=O)N(Cc2cccc(Cl)c2)C1=O. The molecule has 1 aliphatic rings. The summed E-state index contributed by atoms with van der Waals surface area (Å²) in [5, 5.41) is 9.00. The van der Waals surface area contributed by atoms with Crippen LogP contribution in [0.15, 0.2) is 50.2 Å². The van der Waals surface area contributed by atoms with Crippen molar-refractivity contribution in [3.05, 3.63) is 66.4 Å². The van der Waals surface area contributed by atoms with Gasteiger partial charge in [0.1, 0.15) is 5.75 Å². The van der Waals surface area contributed by atoms with Gasteiger partial charge >= 0.3 is 5.97 Å². The third-order valence-corrected chi connectivity index (χ3v) is 5.96. The number of amides is 2. The van der Waals surface area contributed by atoms with Crippen molar-refractivity contribution in [1.82, 2.24) is 4.90 Å². The summed E-state index contributed by atoms with van der Waals surface area (Å²) in [6.45, 7) is -0.440. The standard InChI is InChI=1S/C19H12Br2ClNO5S/c20-12-5-11(17(14(21)7-12)28-9-16(24)25)6-15-18(26)23(19(27)29-15)8-10-2-1-3-13(22)4-10/h1-7H,8-9H2,(H,24,25)/b15-6-. The van der Waals surface area contributed by atoms with Crippen LogP contribution < -0.4 is 4.74 Å². The number of thioether (sulfide) groups is 1. The number of nitrogens with zero attached hydrogens (tertiary/aromatic N) is 1. The van der Waals surface area contributed by atoms with Crippen molar-refractivity contribution < 1.29 is 24.2 Å². The summed E-state index contributed by atoms with van der Waals surface area (Å²) < 4.78 is 6.55. The molecule has 1 N–H and O–H groups in total. The number of carboxylic acids is 1. The fourth-order valence-electron chi connectivity index (χ4n) is 2.57. The zero-order chi connectivity index (χ0) is 21.1. The largest absolute Gasteiger partial charge is 0.480 e. The summed E-state index contributed by atoms with van der Waals surface area (Å²) in [6.07, 6.45) is 1.51. The van der Waals surface area contributed by atoms with Gasteiger partial charge < -0.3 is 9.84 Å². The molecule has 150 valence electrons. The lowest BCUT2D eigenvalue weighted by Gasteiger charge is -2.13. The Kier molecular flexibility index (Phi) is 7.05. The van der Waals surface area contributed by atoms with Crippen LogP contribution in [0.4, 0.5) is 4.79 Å². The highest BCUT2D eigenvalue weighted by atomic mass is 79.9. The average Bonchev–Trinajstić information content (AvgIpc) is 2.88. The van der Waals surface area contributed by atoms with E-state index in [0.717, 1.165) is 22.2 Å². The molecule has 0 aromatic heterocycles. The molecule has 1 aliphatic heterocycles. The Morgan fingerprint density at radius 3 is 2.69 bits per heavy atom.